The Bertz CT molecular complexity index is 416. The molecule has 1 aliphatic rings. The van der Waals surface area contributed by atoms with Crippen LogP contribution in [0.5, 0.6) is 0 Å². The van der Waals surface area contributed by atoms with Gasteiger partial charge in [-0.3, -0.25) is 4.68 Å². The molecule has 0 saturated heterocycles. The minimum atomic E-state index is 0.499. The van der Waals surface area contributed by atoms with Crippen LogP contribution in [0, 0.1) is 11.3 Å². The lowest BCUT2D eigenvalue weighted by Crippen LogP contribution is -2.46. The van der Waals surface area contributed by atoms with Crippen molar-refractivity contribution in [1.82, 2.24) is 15.1 Å². The van der Waals surface area contributed by atoms with E-state index in [1.54, 1.807) is 0 Å². The van der Waals surface area contributed by atoms with E-state index in [1.807, 2.05) is 17.9 Å². The van der Waals surface area contributed by atoms with Crippen molar-refractivity contribution in [1.29, 1.82) is 0 Å². The molecule has 1 atom stereocenters. The quantitative estimate of drug-likeness (QED) is 0.786. The van der Waals surface area contributed by atoms with Crippen LogP contribution < -0.4 is 5.32 Å². The number of hydrogen-bond donors (Lipinski definition) is 1. The third kappa shape index (κ3) is 4.32. The highest BCUT2D eigenvalue weighted by Gasteiger charge is 2.41. The van der Waals surface area contributed by atoms with E-state index in [0.29, 0.717) is 11.5 Å². The fourth-order valence-corrected chi connectivity index (χ4v) is 4.22. The van der Waals surface area contributed by atoms with Crippen LogP contribution in [0.15, 0.2) is 12.4 Å². The van der Waals surface area contributed by atoms with Gasteiger partial charge in [-0.25, -0.2) is 0 Å². The van der Waals surface area contributed by atoms with E-state index in [9.17, 15) is 0 Å². The summed E-state index contributed by atoms with van der Waals surface area (Å²) in [6, 6.07) is 0.603. The molecular formula is C18H33N3. The Morgan fingerprint density at radius 1 is 1.33 bits per heavy atom. The van der Waals surface area contributed by atoms with Crippen molar-refractivity contribution in [2.45, 2.75) is 71.8 Å². The maximum atomic E-state index is 4.35. The van der Waals surface area contributed by atoms with Gasteiger partial charge in [0.2, 0.25) is 0 Å². The first-order valence-electron chi connectivity index (χ1n) is 8.76. The van der Waals surface area contributed by atoms with Gasteiger partial charge >= 0.3 is 0 Å². The number of nitrogens with one attached hydrogen (secondary N) is 1. The normalized spacial score (nSPS) is 19.3. The van der Waals surface area contributed by atoms with Gasteiger partial charge in [0.15, 0.2) is 0 Å². The summed E-state index contributed by atoms with van der Waals surface area (Å²) in [5.41, 5.74) is 1.88. The maximum Gasteiger partial charge on any atom is 0.0522 e. The minimum Gasteiger partial charge on any atom is -0.313 e. The second-order valence-corrected chi connectivity index (χ2v) is 7.40. The zero-order valence-corrected chi connectivity index (χ0v) is 14.4. The van der Waals surface area contributed by atoms with Crippen molar-refractivity contribution in [3.8, 4) is 0 Å². The van der Waals surface area contributed by atoms with Gasteiger partial charge in [-0.05, 0) is 55.5 Å². The molecule has 1 heterocycles. The molecule has 3 heteroatoms. The van der Waals surface area contributed by atoms with Crippen LogP contribution in [0.2, 0.25) is 0 Å². The average Bonchev–Trinajstić information content (AvgIpc) is 3.04. The highest BCUT2D eigenvalue weighted by atomic mass is 15.2. The summed E-state index contributed by atoms with van der Waals surface area (Å²) >= 11 is 0. The van der Waals surface area contributed by atoms with Gasteiger partial charge in [0.25, 0.3) is 0 Å². The van der Waals surface area contributed by atoms with E-state index < -0.39 is 0 Å². The van der Waals surface area contributed by atoms with Gasteiger partial charge in [0.1, 0.15) is 0 Å². The lowest BCUT2D eigenvalue weighted by atomic mass is 9.71. The molecule has 0 bridgehead atoms. The second kappa shape index (κ2) is 7.44. The molecule has 0 aliphatic heterocycles. The Labute approximate surface area is 130 Å². The van der Waals surface area contributed by atoms with Crippen molar-refractivity contribution in [2.75, 3.05) is 6.54 Å². The number of rotatable bonds is 8. The van der Waals surface area contributed by atoms with Crippen molar-refractivity contribution < 1.29 is 0 Å². The van der Waals surface area contributed by atoms with Gasteiger partial charge in [0.05, 0.1) is 6.20 Å². The van der Waals surface area contributed by atoms with E-state index in [4.69, 9.17) is 0 Å². The fourth-order valence-electron chi connectivity index (χ4n) is 4.22. The molecule has 0 spiro atoms. The molecule has 21 heavy (non-hydrogen) atoms. The van der Waals surface area contributed by atoms with Gasteiger partial charge in [-0.1, -0.05) is 33.6 Å². The fraction of sp³-hybridized carbons (Fsp3) is 0.833. The number of hydrogen-bond acceptors (Lipinski definition) is 2. The van der Waals surface area contributed by atoms with E-state index in [-0.39, 0.29) is 0 Å². The summed E-state index contributed by atoms with van der Waals surface area (Å²) in [5, 5.41) is 8.23. The second-order valence-electron chi connectivity index (χ2n) is 7.40. The maximum absolute atomic E-state index is 4.35. The predicted molar refractivity (Wildman–Crippen MR) is 89.3 cm³/mol. The zero-order chi connectivity index (χ0) is 15.3. The largest absolute Gasteiger partial charge is 0.313 e. The topological polar surface area (TPSA) is 29.9 Å². The van der Waals surface area contributed by atoms with Crippen LogP contribution in [0.1, 0.15) is 64.9 Å². The van der Waals surface area contributed by atoms with Gasteiger partial charge < -0.3 is 5.32 Å². The molecule has 1 aromatic heterocycles. The summed E-state index contributed by atoms with van der Waals surface area (Å²) in [4.78, 5) is 0. The molecule has 1 unspecified atom stereocenters. The highest BCUT2D eigenvalue weighted by Crippen LogP contribution is 2.46. The smallest absolute Gasteiger partial charge is 0.0522 e. The molecule has 1 N–H and O–H groups in total. The lowest BCUT2D eigenvalue weighted by molar-refractivity contribution is 0.154. The number of nitrogens with zero attached hydrogens (tertiary/aromatic N) is 2. The van der Waals surface area contributed by atoms with Crippen molar-refractivity contribution in [3.05, 3.63) is 18.0 Å². The Hall–Kier alpha value is -0.830. The van der Waals surface area contributed by atoms with E-state index >= 15 is 0 Å². The molecule has 0 amide bonds. The van der Waals surface area contributed by atoms with Crippen molar-refractivity contribution in [3.63, 3.8) is 0 Å². The third-order valence-electron chi connectivity index (χ3n) is 4.99. The summed E-state index contributed by atoms with van der Waals surface area (Å²) in [7, 11) is 2.01. The summed E-state index contributed by atoms with van der Waals surface area (Å²) < 4.78 is 1.93. The highest BCUT2D eigenvalue weighted by molar-refractivity contribution is 5.09. The molecule has 0 radical (unpaired) electrons. The van der Waals surface area contributed by atoms with Gasteiger partial charge in [-0.15, -0.1) is 0 Å². The number of aromatic nitrogens is 2. The Morgan fingerprint density at radius 3 is 2.57 bits per heavy atom. The molecule has 1 aromatic rings. The molecule has 1 fully saturated rings. The van der Waals surface area contributed by atoms with Crippen molar-refractivity contribution >= 4 is 0 Å². The van der Waals surface area contributed by atoms with Crippen LogP contribution in [0.4, 0.5) is 0 Å². The summed E-state index contributed by atoms with van der Waals surface area (Å²) in [5.74, 6) is 0.780. The van der Waals surface area contributed by atoms with Crippen molar-refractivity contribution in [2.24, 2.45) is 18.4 Å². The molecule has 1 aliphatic carbocycles. The van der Waals surface area contributed by atoms with Gasteiger partial charge in [-0.2, -0.15) is 5.10 Å². The molecule has 3 nitrogen and oxygen atoms in total. The first-order valence-corrected chi connectivity index (χ1v) is 8.76. The molecule has 120 valence electrons. The van der Waals surface area contributed by atoms with Crippen LogP contribution >= 0.6 is 0 Å². The van der Waals surface area contributed by atoms with E-state index in [1.165, 1.54) is 44.1 Å². The number of aryl methyl sites for hydroxylation is 1. The predicted octanol–water partition coefficient (Wildman–Crippen LogP) is 3.94. The first kappa shape index (κ1) is 16.5. The van der Waals surface area contributed by atoms with Crippen LogP contribution in [-0.4, -0.2) is 22.4 Å². The summed E-state index contributed by atoms with van der Waals surface area (Å²) in [6.45, 7) is 8.14. The van der Waals surface area contributed by atoms with E-state index in [0.717, 1.165) is 18.9 Å². The van der Waals surface area contributed by atoms with Crippen LogP contribution in [0.25, 0.3) is 0 Å². The summed E-state index contributed by atoms with van der Waals surface area (Å²) in [6.07, 6.45) is 13.5. The van der Waals surface area contributed by atoms with Crippen LogP contribution in [0.3, 0.4) is 0 Å². The Kier molecular flexibility index (Phi) is 5.86. The monoisotopic (exact) mass is 291 g/mol. The van der Waals surface area contributed by atoms with Gasteiger partial charge in [0, 0.05) is 19.3 Å². The molecule has 2 rings (SSSR count). The first-order chi connectivity index (χ1) is 10.1. The van der Waals surface area contributed by atoms with E-state index in [2.05, 4.69) is 37.4 Å². The standard InChI is InChI=1S/C18H33N3/c1-5-10-19-17(11-16-13-20-21(4)14-16)18(12-15(2)3)8-6-7-9-18/h13-15,17,19H,5-12H2,1-4H3. The lowest BCUT2D eigenvalue weighted by Gasteiger charge is -2.40. The Balaban J connectivity index is 2.15. The molecular weight excluding hydrogens is 258 g/mol. The third-order valence-corrected chi connectivity index (χ3v) is 4.99. The van der Waals surface area contributed by atoms with Crippen LogP contribution in [-0.2, 0) is 13.5 Å². The Morgan fingerprint density at radius 2 is 2.05 bits per heavy atom. The molecule has 1 saturated carbocycles. The minimum absolute atomic E-state index is 0.499. The SMILES string of the molecule is CCCNC(Cc1cnn(C)c1)C1(CC(C)C)CCCC1. The average molecular weight is 291 g/mol. The molecule has 0 aromatic carbocycles. The zero-order valence-electron chi connectivity index (χ0n) is 14.4.